The molecule has 1 aliphatic rings. The smallest absolute Gasteiger partial charge is 0.0366 e. The lowest BCUT2D eigenvalue weighted by Gasteiger charge is -2.33. The van der Waals surface area contributed by atoms with Gasteiger partial charge in [-0.1, -0.05) is 44.1 Å². The molecule has 1 nitrogen and oxygen atoms in total. The second-order valence-corrected chi connectivity index (χ2v) is 4.66. The molecule has 1 aromatic carbocycles. The van der Waals surface area contributed by atoms with Crippen LogP contribution in [0.2, 0.25) is 0 Å². The summed E-state index contributed by atoms with van der Waals surface area (Å²) in [6.45, 7) is 5.48. The molecule has 16 heavy (non-hydrogen) atoms. The van der Waals surface area contributed by atoms with Crippen LogP contribution in [-0.4, -0.2) is 13.1 Å². The summed E-state index contributed by atoms with van der Waals surface area (Å²) >= 11 is 0. The number of hydrogen-bond acceptors (Lipinski definition) is 1. The minimum absolute atomic E-state index is 0.724. The molecule has 0 N–H and O–H groups in total. The summed E-state index contributed by atoms with van der Waals surface area (Å²) < 4.78 is 0. The number of benzene rings is 1. The Bertz CT molecular complexity index is 333. The average molecular weight is 214 g/mol. The molecule has 1 fully saturated rings. The van der Waals surface area contributed by atoms with Gasteiger partial charge in [-0.05, 0) is 30.5 Å². The Balaban J connectivity index is 2.06. The van der Waals surface area contributed by atoms with Gasteiger partial charge in [0.2, 0.25) is 0 Å². The fraction of sp³-hybridized carbons (Fsp3) is 0.467. The predicted molar refractivity (Wildman–Crippen MR) is 70.5 cm³/mol. The van der Waals surface area contributed by atoms with Crippen LogP contribution in [0.1, 0.15) is 37.7 Å². The summed E-state index contributed by atoms with van der Waals surface area (Å²) in [5, 5.41) is 0. The minimum atomic E-state index is 0.724. The Morgan fingerprint density at radius 2 is 1.75 bits per heavy atom. The lowest BCUT2D eigenvalue weighted by Crippen LogP contribution is -2.33. The van der Waals surface area contributed by atoms with Crippen molar-refractivity contribution in [1.29, 1.82) is 0 Å². The Kier molecular flexibility index (Phi) is 3.66. The van der Waals surface area contributed by atoms with Crippen LogP contribution in [0.3, 0.4) is 0 Å². The van der Waals surface area contributed by atoms with E-state index in [4.69, 9.17) is 6.58 Å². The summed E-state index contributed by atoms with van der Waals surface area (Å²) in [6.07, 6.45) is 8.48. The zero-order valence-corrected chi connectivity index (χ0v) is 10.0. The van der Waals surface area contributed by atoms with E-state index < -0.39 is 0 Å². The SMILES string of the molecule is [CH]=Cc1ccc(N(C)C2CCCCC2)cc1. The summed E-state index contributed by atoms with van der Waals surface area (Å²) in [4.78, 5) is 2.42. The van der Waals surface area contributed by atoms with Gasteiger partial charge in [-0.25, -0.2) is 0 Å². The van der Waals surface area contributed by atoms with Crippen molar-refractivity contribution in [3.8, 4) is 0 Å². The van der Waals surface area contributed by atoms with Crippen molar-refractivity contribution in [2.24, 2.45) is 0 Å². The molecule has 1 aromatic rings. The Labute approximate surface area is 98.8 Å². The maximum absolute atomic E-state index is 5.48. The molecule has 0 heterocycles. The van der Waals surface area contributed by atoms with E-state index in [1.807, 2.05) is 0 Å². The number of nitrogens with zero attached hydrogens (tertiary/aromatic N) is 1. The minimum Gasteiger partial charge on any atom is -0.372 e. The number of hydrogen-bond donors (Lipinski definition) is 0. The third-order valence-electron chi connectivity index (χ3n) is 3.62. The number of anilines is 1. The molecular weight excluding hydrogens is 194 g/mol. The van der Waals surface area contributed by atoms with E-state index in [1.54, 1.807) is 6.08 Å². The molecule has 0 bridgehead atoms. The van der Waals surface area contributed by atoms with Crippen molar-refractivity contribution in [3.05, 3.63) is 36.4 Å². The highest BCUT2D eigenvalue weighted by atomic mass is 15.1. The van der Waals surface area contributed by atoms with Crippen LogP contribution in [0.5, 0.6) is 0 Å². The van der Waals surface area contributed by atoms with Crippen LogP contribution in [0.25, 0.3) is 6.08 Å². The Morgan fingerprint density at radius 1 is 1.12 bits per heavy atom. The molecule has 1 heteroatoms. The van der Waals surface area contributed by atoms with E-state index in [2.05, 4.69) is 36.2 Å². The quantitative estimate of drug-likeness (QED) is 0.737. The van der Waals surface area contributed by atoms with Gasteiger partial charge in [0.25, 0.3) is 0 Å². The highest BCUT2D eigenvalue weighted by molar-refractivity contribution is 5.54. The van der Waals surface area contributed by atoms with Gasteiger partial charge in [0.15, 0.2) is 0 Å². The van der Waals surface area contributed by atoms with E-state index in [0.29, 0.717) is 0 Å². The van der Waals surface area contributed by atoms with Gasteiger partial charge in [-0.3, -0.25) is 0 Å². The molecule has 1 aliphatic carbocycles. The largest absolute Gasteiger partial charge is 0.372 e. The zero-order valence-electron chi connectivity index (χ0n) is 10.0. The van der Waals surface area contributed by atoms with Crippen molar-refractivity contribution in [1.82, 2.24) is 0 Å². The molecule has 0 unspecified atom stereocenters. The van der Waals surface area contributed by atoms with Gasteiger partial charge < -0.3 is 4.90 Å². The van der Waals surface area contributed by atoms with Crippen LogP contribution in [0.15, 0.2) is 24.3 Å². The van der Waals surface area contributed by atoms with Crippen LogP contribution in [0, 0.1) is 6.58 Å². The van der Waals surface area contributed by atoms with E-state index in [9.17, 15) is 0 Å². The molecule has 0 aliphatic heterocycles. The van der Waals surface area contributed by atoms with E-state index in [-0.39, 0.29) is 0 Å². The Morgan fingerprint density at radius 3 is 2.31 bits per heavy atom. The molecule has 0 atom stereocenters. The first-order chi connectivity index (χ1) is 7.81. The second-order valence-electron chi connectivity index (χ2n) is 4.66. The Hall–Kier alpha value is -1.24. The highest BCUT2D eigenvalue weighted by Gasteiger charge is 2.17. The van der Waals surface area contributed by atoms with Gasteiger partial charge in [0.1, 0.15) is 0 Å². The molecule has 0 spiro atoms. The normalized spacial score (nSPS) is 17.1. The maximum atomic E-state index is 5.48. The first-order valence-electron chi connectivity index (χ1n) is 6.19. The standard InChI is InChI=1S/C15H20N/c1-3-13-9-11-15(12-10-13)16(2)14-7-5-4-6-8-14/h1,3,9-12,14H,4-8H2,2H3. The molecule has 0 aromatic heterocycles. The summed E-state index contributed by atoms with van der Waals surface area (Å²) in [5.74, 6) is 0. The van der Waals surface area contributed by atoms with Gasteiger partial charge >= 0.3 is 0 Å². The summed E-state index contributed by atoms with van der Waals surface area (Å²) in [5.41, 5.74) is 2.39. The maximum Gasteiger partial charge on any atom is 0.0366 e. The van der Waals surface area contributed by atoms with Gasteiger partial charge in [0.05, 0.1) is 0 Å². The van der Waals surface area contributed by atoms with Crippen molar-refractivity contribution in [2.45, 2.75) is 38.1 Å². The van der Waals surface area contributed by atoms with Gasteiger partial charge in [-0.2, -0.15) is 0 Å². The third kappa shape index (κ3) is 2.46. The molecule has 0 saturated heterocycles. The topological polar surface area (TPSA) is 3.24 Å². The first kappa shape index (κ1) is 11.3. The highest BCUT2D eigenvalue weighted by Crippen LogP contribution is 2.26. The fourth-order valence-corrected chi connectivity index (χ4v) is 2.50. The molecule has 1 saturated carbocycles. The summed E-state index contributed by atoms with van der Waals surface area (Å²) in [6, 6.07) is 9.20. The monoisotopic (exact) mass is 214 g/mol. The van der Waals surface area contributed by atoms with Gasteiger partial charge in [-0.15, -0.1) is 0 Å². The fourth-order valence-electron chi connectivity index (χ4n) is 2.50. The van der Waals surface area contributed by atoms with Crippen molar-refractivity contribution in [3.63, 3.8) is 0 Å². The van der Waals surface area contributed by atoms with E-state index >= 15 is 0 Å². The lowest BCUT2D eigenvalue weighted by atomic mass is 9.94. The molecule has 0 amide bonds. The van der Waals surface area contributed by atoms with Crippen molar-refractivity contribution >= 4 is 11.8 Å². The second kappa shape index (κ2) is 5.20. The zero-order chi connectivity index (χ0) is 11.4. The van der Waals surface area contributed by atoms with Crippen LogP contribution in [0.4, 0.5) is 5.69 Å². The lowest BCUT2D eigenvalue weighted by molar-refractivity contribution is 0.427. The van der Waals surface area contributed by atoms with Crippen molar-refractivity contribution < 1.29 is 0 Å². The van der Waals surface area contributed by atoms with Crippen LogP contribution in [-0.2, 0) is 0 Å². The summed E-state index contributed by atoms with van der Waals surface area (Å²) in [7, 11) is 2.21. The van der Waals surface area contributed by atoms with Crippen molar-refractivity contribution in [2.75, 3.05) is 11.9 Å². The molecular formula is C15H20N. The predicted octanol–water partition coefficient (Wildman–Crippen LogP) is 3.90. The van der Waals surface area contributed by atoms with E-state index in [0.717, 1.165) is 11.6 Å². The van der Waals surface area contributed by atoms with E-state index in [1.165, 1.54) is 37.8 Å². The first-order valence-corrected chi connectivity index (χ1v) is 6.19. The number of rotatable bonds is 3. The van der Waals surface area contributed by atoms with Crippen LogP contribution < -0.4 is 4.90 Å². The molecule has 85 valence electrons. The van der Waals surface area contributed by atoms with Crippen LogP contribution >= 0.6 is 0 Å². The molecule has 2 rings (SSSR count). The van der Waals surface area contributed by atoms with Gasteiger partial charge in [0, 0.05) is 18.8 Å². The third-order valence-corrected chi connectivity index (χ3v) is 3.62. The average Bonchev–Trinajstić information content (AvgIpc) is 2.39. The molecule has 1 radical (unpaired) electrons.